The van der Waals surface area contributed by atoms with Crippen molar-refractivity contribution in [2.75, 3.05) is 7.11 Å². The number of nitro benzene ring substituents is 1. The van der Waals surface area contributed by atoms with E-state index in [1.165, 1.54) is 43.5 Å². The van der Waals surface area contributed by atoms with Crippen molar-refractivity contribution in [1.82, 2.24) is 10.1 Å². The van der Waals surface area contributed by atoms with Gasteiger partial charge in [-0.25, -0.2) is 4.39 Å². The molecule has 0 aliphatic heterocycles. The Morgan fingerprint density at radius 1 is 1.33 bits per heavy atom. The van der Waals surface area contributed by atoms with Gasteiger partial charge in [-0.3, -0.25) is 10.1 Å². The Balaban J connectivity index is 1.95. The van der Waals surface area contributed by atoms with Gasteiger partial charge >= 0.3 is 0 Å². The topological polar surface area (TPSA) is 114 Å². The normalized spacial score (nSPS) is 11.4. The maximum absolute atomic E-state index is 13.0. The van der Waals surface area contributed by atoms with Crippen LogP contribution in [-0.4, -0.2) is 22.2 Å². The molecule has 0 N–H and O–H groups in total. The quantitative estimate of drug-likeness (QED) is 0.482. The fourth-order valence-corrected chi connectivity index (χ4v) is 2.43. The third kappa shape index (κ3) is 3.87. The molecule has 10 heteroatoms. The fraction of sp³-hybridized carbons (Fsp3) is 0.0588. The van der Waals surface area contributed by atoms with Gasteiger partial charge in [-0.05, 0) is 42.0 Å². The van der Waals surface area contributed by atoms with E-state index in [2.05, 4.69) is 10.1 Å². The van der Waals surface area contributed by atoms with E-state index in [0.717, 1.165) is 6.07 Å². The van der Waals surface area contributed by atoms with E-state index in [0.29, 0.717) is 5.56 Å². The highest BCUT2D eigenvalue weighted by Crippen LogP contribution is 2.36. The molecular formula is C17H10ClFN3O5-. The highest BCUT2D eigenvalue weighted by Gasteiger charge is 2.15. The molecule has 0 radical (unpaired) electrons. The second-order valence-electron chi connectivity index (χ2n) is 5.25. The maximum Gasteiger partial charge on any atom is 0.269 e. The van der Waals surface area contributed by atoms with Crippen LogP contribution in [0.5, 0.6) is 11.5 Å². The summed E-state index contributed by atoms with van der Waals surface area (Å²) in [5.74, 6) is -1.30. The van der Waals surface area contributed by atoms with Crippen LogP contribution in [0.4, 0.5) is 10.1 Å². The third-order valence-corrected chi connectivity index (χ3v) is 3.77. The average Bonchev–Trinajstić information content (AvgIpc) is 3.13. The Morgan fingerprint density at radius 3 is 2.67 bits per heavy atom. The van der Waals surface area contributed by atoms with E-state index in [4.69, 9.17) is 20.9 Å². The van der Waals surface area contributed by atoms with Crippen molar-refractivity contribution in [2.45, 2.75) is 0 Å². The largest absolute Gasteiger partial charge is 0.865 e. The number of hydrogen-bond donors (Lipinski definition) is 0. The monoisotopic (exact) mass is 390 g/mol. The van der Waals surface area contributed by atoms with E-state index in [1.807, 2.05) is 0 Å². The summed E-state index contributed by atoms with van der Waals surface area (Å²) >= 11 is 6.15. The summed E-state index contributed by atoms with van der Waals surface area (Å²) in [6.45, 7) is 0. The van der Waals surface area contributed by atoms with Gasteiger partial charge in [0.15, 0.2) is 0 Å². The first kappa shape index (κ1) is 18.3. The molecule has 0 bridgehead atoms. The lowest BCUT2D eigenvalue weighted by molar-refractivity contribution is -0.398. The molecule has 27 heavy (non-hydrogen) atoms. The van der Waals surface area contributed by atoms with Crippen LogP contribution < -0.4 is 9.84 Å². The SMILES string of the molecule is COc1cc(/C=C(\Cl)c2nc(-c3ccc(F)cc3)no2)cc([N+](=O)[O-])c1[O-]. The number of methoxy groups -OCH3 is 1. The molecule has 8 nitrogen and oxygen atoms in total. The van der Waals surface area contributed by atoms with E-state index >= 15 is 0 Å². The minimum Gasteiger partial charge on any atom is -0.865 e. The smallest absolute Gasteiger partial charge is 0.269 e. The van der Waals surface area contributed by atoms with Crippen molar-refractivity contribution >= 4 is 28.4 Å². The predicted octanol–water partition coefficient (Wildman–Crippen LogP) is 3.60. The summed E-state index contributed by atoms with van der Waals surface area (Å²) < 4.78 is 22.9. The molecule has 0 aliphatic carbocycles. The summed E-state index contributed by atoms with van der Waals surface area (Å²) in [5.41, 5.74) is 0.108. The predicted molar refractivity (Wildman–Crippen MR) is 92.5 cm³/mol. The van der Waals surface area contributed by atoms with Crippen LogP contribution in [0.1, 0.15) is 11.5 Å². The number of nitro groups is 1. The summed E-state index contributed by atoms with van der Waals surface area (Å²) in [5, 5.41) is 26.6. The Bertz CT molecular complexity index is 1030. The third-order valence-electron chi connectivity index (χ3n) is 3.50. The van der Waals surface area contributed by atoms with Gasteiger partial charge in [0.25, 0.3) is 11.6 Å². The van der Waals surface area contributed by atoms with Gasteiger partial charge in [0.1, 0.15) is 16.6 Å². The molecule has 0 spiro atoms. The van der Waals surface area contributed by atoms with Gasteiger partial charge in [-0.1, -0.05) is 16.8 Å². The molecule has 3 aromatic rings. The summed E-state index contributed by atoms with van der Waals surface area (Å²) in [4.78, 5) is 14.3. The Morgan fingerprint density at radius 2 is 2.04 bits per heavy atom. The van der Waals surface area contributed by atoms with Crippen LogP contribution >= 0.6 is 11.6 Å². The van der Waals surface area contributed by atoms with E-state index in [9.17, 15) is 19.6 Å². The molecule has 2 aromatic carbocycles. The first-order valence-electron chi connectivity index (χ1n) is 7.39. The number of hydrogen-bond acceptors (Lipinski definition) is 7. The molecule has 0 amide bonds. The number of ether oxygens (including phenoxy) is 1. The zero-order valence-corrected chi connectivity index (χ0v) is 14.4. The van der Waals surface area contributed by atoms with Crippen LogP contribution in [0.25, 0.3) is 22.5 Å². The molecule has 0 atom stereocenters. The van der Waals surface area contributed by atoms with Gasteiger partial charge in [-0.2, -0.15) is 4.98 Å². The molecule has 1 aromatic heterocycles. The van der Waals surface area contributed by atoms with E-state index in [1.54, 1.807) is 0 Å². The minimum absolute atomic E-state index is 0.00846. The van der Waals surface area contributed by atoms with Gasteiger partial charge in [0.2, 0.25) is 5.82 Å². The molecule has 0 saturated carbocycles. The lowest BCUT2D eigenvalue weighted by atomic mass is 10.1. The molecule has 1 heterocycles. The zero-order chi connectivity index (χ0) is 19.6. The van der Waals surface area contributed by atoms with Gasteiger partial charge < -0.3 is 14.4 Å². The van der Waals surface area contributed by atoms with E-state index < -0.39 is 22.2 Å². The number of benzene rings is 2. The van der Waals surface area contributed by atoms with Crippen molar-refractivity contribution in [3.8, 4) is 22.9 Å². The van der Waals surface area contributed by atoms with Crippen molar-refractivity contribution in [3.63, 3.8) is 0 Å². The highest BCUT2D eigenvalue weighted by molar-refractivity contribution is 6.50. The lowest BCUT2D eigenvalue weighted by Crippen LogP contribution is -2.01. The minimum atomic E-state index is -0.841. The first-order chi connectivity index (χ1) is 12.9. The van der Waals surface area contributed by atoms with Crippen LogP contribution in [0, 0.1) is 15.9 Å². The number of nitrogens with zero attached hydrogens (tertiary/aromatic N) is 3. The number of aromatic nitrogens is 2. The average molecular weight is 391 g/mol. The van der Waals surface area contributed by atoms with Crippen LogP contribution in [0.2, 0.25) is 0 Å². The molecule has 3 rings (SSSR count). The van der Waals surface area contributed by atoms with Crippen LogP contribution in [-0.2, 0) is 0 Å². The molecule has 0 aliphatic rings. The standard InChI is InChI=1S/C17H11ClFN3O5/c1-26-14-8-9(7-13(15(14)23)22(24)25)6-12(18)17-20-16(21-27-17)10-2-4-11(19)5-3-10/h2-8,23H,1H3/p-1/b12-6-. The summed E-state index contributed by atoms with van der Waals surface area (Å²) in [7, 11) is 1.22. The molecule has 0 unspecified atom stereocenters. The zero-order valence-electron chi connectivity index (χ0n) is 13.7. The lowest BCUT2D eigenvalue weighted by Gasteiger charge is -2.13. The Hall–Kier alpha value is -3.46. The second-order valence-corrected chi connectivity index (χ2v) is 5.66. The molecule has 0 saturated heterocycles. The Labute approximate surface area is 156 Å². The molecular weight excluding hydrogens is 381 g/mol. The van der Waals surface area contributed by atoms with Crippen molar-refractivity contribution in [1.29, 1.82) is 0 Å². The van der Waals surface area contributed by atoms with Crippen molar-refractivity contribution < 1.29 is 23.7 Å². The number of rotatable bonds is 5. The van der Waals surface area contributed by atoms with Gasteiger partial charge in [-0.15, -0.1) is 0 Å². The highest BCUT2D eigenvalue weighted by atomic mass is 35.5. The van der Waals surface area contributed by atoms with E-state index in [-0.39, 0.29) is 28.1 Å². The van der Waals surface area contributed by atoms with Crippen molar-refractivity contribution in [3.05, 3.63) is 63.8 Å². The summed E-state index contributed by atoms with van der Waals surface area (Å²) in [6.07, 6.45) is 1.32. The maximum atomic E-state index is 13.0. The first-order valence-corrected chi connectivity index (χ1v) is 7.77. The molecule has 0 fully saturated rings. The fourth-order valence-electron chi connectivity index (χ4n) is 2.22. The number of halogens is 2. The van der Waals surface area contributed by atoms with Gasteiger partial charge in [0.05, 0.1) is 12.0 Å². The Kier molecular flexibility index (Phi) is 5.04. The van der Waals surface area contributed by atoms with Crippen LogP contribution in [0.15, 0.2) is 40.9 Å². The van der Waals surface area contributed by atoms with Gasteiger partial charge in [0, 0.05) is 17.4 Å². The summed E-state index contributed by atoms with van der Waals surface area (Å²) in [6, 6.07) is 7.81. The van der Waals surface area contributed by atoms with Crippen molar-refractivity contribution in [2.24, 2.45) is 0 Å². The van der Waals surface area contributed by atoms with Crippen LogP contribution in [0.3, 0.4) is 0 Å². The second kappa shape index (κ2) is 7.42. The molecule has 138 valence electrons.